The second-order valence-corrected chi connectivity index (χ2v) is 6.45. The van der Waals surface area contributed by atoms with E-state index in [4.69, 9.17) is 18.9 Å². The third-order valence-electron chi connectivity index (χ3n) is 4.79. The molecule has 0 aliphatic carbocycles. The van der Waals surface area contributed by atoms with Gasteiger partial charge >= 0.3 is 0 Å². The number of ether oxygens (including phenoxy) is 4. The van der Waals surface area contributed by atoms with Crippen LogP contribution in [0.5, 0.6) is 23.0 Å². The van der Waals surface area contributed by atoms with Gasteiger partial charge in [0, 0.05) is 25.2 Å². The Hall–Kier alpha value is -3.22. The molecule has 0 spiro atoms. The highest BCUT2D eigenvalue weighted by Crippen LogP contribution is 2.40. The first-order chi connectivity index (χ1) is 14.1. The molecule has 154 valence electrons. The van der Waals surface area contributed by atoms with E-state index in [1.165, 1.54) is 12.1 Å². The molecule has 0 fully saturated rings. The Morgan fingerprint density at radius 1 is 1.03 bits per heavy atom. The number of methoxy groups -OCH3 is 3. The summed E-state index contributed by atoms with van der Waals surface area (Å²) in [5.74, 6) is 1.32. The van der Waals surface area contributed by atoms with Crippen LogP contribution >= 0.6 is 0 Å². The Morgan fingerprint density at radius 3 is 2.28 bits per heavy atom. The summed E-state index contributed by atoms with van der Waals surface area (Å²) in [5.41, 5.74) is 1.88. The molecule has 0 aromatic heterocycles. The van der Waals surface area contributed by atoms with Crippen molar-refractivity contribution in [2.24, 2.45) is 0 Å². The van der Waals surface area contributed by atoms with Gasteiger partial charge in [-0.15, -0.1) is 0 Å². The lowest BCUT2D eigenvalue weighted by Crippen LogP contribution is -2.38. The van der Waals surface area contributed by atoms with Crippen molar-refractivity contribution < 1.29 is 28.1 Å². The molecule has 1 aliphatic heterocycles. The van der Waals surface area contributed by atoms with E-state index in [0.29, 0.717) is 36.8 Å². The molecule has 1 aliphatic rings. The molecule has 29 heavy (non-hydrogen) atoms. The smallest absolute Gasteiger partial charge is 0.260 e. The summed E-state index contributed by atoms with van der Waals surface area (Å²) in [6.07, 6.45) is 2.60. The lowest BCUT2D eigenvalue weighted by atomic mass is 9.97. The van der Waals surface area contributed by atoms with Gasteiger partial charge in [0.15, 0.2) is 18.2 Å². The molecule has 6 nitrogen and oxygen atoms in total. The Bertz CT molecular complexity index is 887. The monoisotopic (exact) mass is 401 g/mol. The van der Waals surface area contributed by atoms with Crippen LogP contribution in [0, 0.1) is 5.82 Å². The summed E-state index contributed by atoms with van der Waals surface area (Å²) < 4.78 is 35.3. The van der Waals surface area contributed by atoms with Gasteiger partial charge in [0.05, 0.1) is 26.9 Å². The summed E-state index contributed by atoms with van der Waals surface area (Å²) in [4.78, 5) is 14.1. The first-order valence-electron chi connectivity index (χ1n) is 9.22. The van der Waals surface area contributed by atoms with E-state index >= 15 is 0 Å². The van der Waals surface area contributed by atoms with Crippen LogP contribution < -0.4 is 18.9 Å². The maximum absolute atomic E-state index is 13.6. The number of hydrogen-bond acceptors (Lipinski definition) is 5. The number of amides is 1. The van der Waals surface area contributed by atoms with Gasteiger partial charge in [-0.3, -0.25) is 4.79 Å². The summed E-state index contributed by atoms with van der Waals surface area (Å²) in [7, 11) is 4.77. The van der Waals surface area contributed by atoms with Crippen molar-refractivity contribution in [2.75, 3.05) is 41.0 Å². The van der Waals surface area contributed by atoms with E-state index in [2.05, 4.69) is 0 Å². The maximum Gasteiger partial charge on any atom is 0.260 e. The van der Waals surface area contributed by atoms with Gasteiger partial charge in [0.1, 0.15) is 17.2 Å². The molecule has 7 heteroatoms. The number of halogens is 1. The number of rotatable bonds is 7. The zero-order chi connectivity index (χ0) is 20.8. The molecule has 1 amide bonds. The molecule has 0 saturated heterocycles. The van der Waals surface area contributed by atoms with Crippen molar-refractivity contribution in [3.63, 3.8) is 0 Å². The number of hydrogen-bond donors (Lipinski definition) is 0. The van der Waals surface area contributed by atoms with Crippen LogP contribution in [0.3, 0.4) is 0 Å². The highest BCUT2D eigenvalue weighted by molar-refractivity contribution is 5.81. The Morgan fingerprint density at radius 2 is 1.72 bits per heavy atom. The molecule has 1 heterocycles. The van der Waals surface area contributed by atoms with Crippen LogP contribution in [-0.2, 0) is 4.79 Å². The van der Waals surface area contributed by atoms with Crippen molar-refractivity contribution in [1.82, 2.24) is 4.90 Å². The van der Waals surface area contributed by atoms with Gasteiger partial charge in [-0.05, 0) is 24.1 Å². The molecule has 0 N–H and O–H groups in total. The van der Waals surface area contributed by atoms with Gasteiger partial charge < -0.3 is 23.8 Å². The number of para-hydroxylation sites is 1. The number of nitrogens with zero attached hydrogens (tertiary/aromatic N) is 1. The Kier molecular flexibility index (Phi) is 6.59. The second-order valence-electron chi connectivity index (χ2n) is 6.45. The second kappa shape index (κ2) is 9.32. The third-order valence-corrected chi connectivity index (χ3v) is 4.79. The van der Waals surface area contributed by atoms with E-state index in [0.717, 1.165) is 11.1 Å². The maximum atomic E-state index is 13.6. The minimum absolute atomic E-state index is 0.0711. The first kappa shape index (κ1) is 20.5. The molecule has 0 unspecified atom stereocenters. The molecule has 0 bridgehead atoms. The zero-order valence-corrected chi connectivity index (χ0v) is 16.7. The van der Waals surface area contributed by atoms with E-state index in [-0.39, 0.29) is 18.3 Å². The fourth-order valence-electron chi connectivity index (χ4n) is 3.24. The lowest BCUT2D eigenvalue weighted by molar-refractivity contribution is -0.132. The summed E-state index contributed by atoms with van der Waals surface area (Å²) >= 11 is 0. The van der Waals surface area contributed by atoms with Crippen molar-refractivity contribution in [3.8, 4) is 23.0 Å². The number of benzene rings is 2. The molecule has 2 aromatic carbocycles. The van der Waals surface area contributed by atoms with Crippen LogP contribution in [0.1, 0.15) is 12.0 Å². The van der Waals surface area contributed by atoms with Crippen LogP contribution in [0.25, 0.3) is 5.57 Å². The van der Waals surface area contributed by atoms with Crippen molar-refractivity contribution in [3.05, 3.63) is 53.9 Å². The third kappa shape index (κ3) is 4.62. The van der Waals surface area contributed by atoms with E-state index in [9.17, 15) is 9.18 Å². The van der Waals surface area contributed by atoms with Crippen molar-refractivity contribution in [2.45, 2.75) is 6.42 Å². The van der Waals surface area contributed by atoms with Crippen LogP contribution in [0.15, 0.2) is 42.5 Å². The summed E-state index contributed by atoms with van der Waals surface area (Å²) in [6, 6.07) is 9.64. The zero-order valence-electron chi connectivity index (χ0n) is 16.7. The normalized spacial score (nSPS) is 13.5. The van der Waals surface area contributed by atoms with Crippen LogP contribution in [0.2, 0.25) is 0 Å². The minimum Gasteiger partial charge on any atom is -0.496 e. The van der Waals surface area contributed by atoms with Crippen molar-refractivity contribution >= 4 is 11.5 Å². The first-order valence-corrected chi connectivity index (χ1v) is 9.22. The highest BCUT2D eigenvalue weighted by Gasteiger charge is 2.23. The highest BCUT2D eigenvalue weighted by atomic mass is 19.1. The van der Waals surface area contributed by atoms with Gasteiger partial charge in [-0.1, -0.05) is 18.2 Å². The summed E-state index contributed by atoms with van der Waals surface area (Å²) in [5, 5.41) is 0. The fraction of sp³-hybridized carbons (Fsp3) is 0.318. The predicted octanol–water partition coefficient (Wildman–Crippen LogP) is 3.55. The molecular formula is C22H24FNO5. The van der Waals surface area contributed by atoms with Gasteiger partial charge in [-0.2, -0.15) is 0 Å². The Labute approximate surface area is 169 Å². The SMILES string of the molecule is COc1cc(OC)c(C2=CCN(C(=O)COc3ccccc3F)CC2)c(OC)c1. The molecule has 2 aromatic rings. The largest absolute Gasteiger partial charge is 0.496 e. The molecule has 0 atom stereocenters. The fourth-order valence-corrected chi connectivity index (χ4v) is 3.24. The standard InChI is InChI=1S/C22H24FNO5/c1-26-16-12-19(27-2)22(20(13-16)28-3)15-8-10-24(11-9-15)21(25)14-29-18-7-5-4-6-17(18)23/h4-8,12-13H,9-11,14H2,1-3H3. The van der Waals surface area contributed by atoms with Crippen molar-refractivity contribution in [1.29, 1.82) is 0 Å². The van der Waals surface area contributed by atoms with E-state index < -0.39 is 5.82 Å². The number of carbonyl (C=O) groups excluding carboxylic acids is 1. The van der Waals surface area contributed by atoms with E-state index in [1.54, 1.807) is 50.5 Å². The molecule has 3 rings (SSSR count). The lowest BCUT2D eigenvalue weighted by Gasteiger charge is -2.28. The average Bonchev–Trinajstić information content (AvgIpc) is 2.77. The predicted molar refractivity (Wildman–Crippen MR) is 107 cm³/mol. The van der Waals surface area contributed by atoms with Gasteiger partial charge in [-0.25, -0.2) is 4.39 Å². The quantitative estimate of drug-likeness (QED) is 0.710. The van der Waals surface area contributed by atoms with Gasteiger partial charge in [0.25, 0.3) is 5.91 Å². The molecule has 0 radical (unpaired) electrons. The topological polar surface area (TPSA) is 57.2 Å². The minimum atomic E-state index is -0.486. The summed E-state index contributed by atoms with van der Waals surface area (Å²) in [6.45, 7) is 0.732. The van der Waals surface area contributed by atoms with E-state index in [1.807, 2.05) is 6.08 Å². The van der Waals surface area contributed by atoms with Gasteiger partial charge in [0.2, 0.25) is 0 Å². The number of carbonyl (C=O) groups is 1. The molecular weight excluding hydrogens is 377 g/mol. The average molecular weight is 401 g/mol. The van der Waals surface area contributed by atoms with Crippen LogP contribution in [0.4, 0.5) is 4.39 Å². The molecule has 0 saturated carbocycles. The Balaban J connectivity index is 1.70. The van der Waals surface area contributed by atoms with Crippen LogP contribution in [-0.4, -0.2) is 51.8 Å².